The Morgan fingerprint density at radius 2 is 2.40 bits per heavy atom. The maximum atomic E-state index is 11.4. The van der Waals surface area contributed by atoms with E-state index in [1.807, 2.05) is 6.07 Å². The van der Waals surface area contributed by atoms with Gasteiger partial charge in [-0.1, -0.05) is 6.07 Å². The molecule has 1 heterocycles. The van der Waals surface area contributed by atoms with Crippen LogP contribution in [0.4, 0.5) is 5.69 Å². The average Bonchev–Trinajstić information content (AvgIpc) is 2.98. The van der Waals surface area contributed by atoms with Gasteiger partial charge in [0.2, 0.25) is 0 Å². The number of rotatable bonds is 4. The van der Waals surface area contributed by atoms with Crippen LogP contribution < -0.4 is 10.6 Å². The molecule has 0 aliphatic carbocycles. The third-order valence-electron chi connectivity index (χ3n) is 3.06. The molecule has 0 bridgehead atoms. The molecule has 1 aliphatic rings. The van der Waals surface area contributed by atoms with Crippen LogP contribution >= 0.6 is 12.2 Å². The normalized spacial score (nSPS) is 17.6. The SMILES string of the molecule is COC(=O)c1cccc(NC(=S)NCC2CCCO2)c1. The van der Waals surface area contributed by atoms with Crippen LogP contribution in [-0.4, -0.2) is 37.4 Å². The summed E-state index contributed by atoms with van der Waals surface area (Å²) in [7, 11) is 1.36. The number of carbonyl (C=O) groups is 1. The lowest BCUT2D eigenvalue weighted by Crippen LogP contribution is -2.34. The molecule has 2 rings (SSSR count). The third kappa shape index (κ3) is 4.18. The maximum absolute atomic E-state index is 11.4. The van der Waals surface area contributed by atoms with Crippen LogP contribution in [0.25, 0.3) is 0 Å². The maximum Gasteiger partial charge on any atom is 0.337 e. The minimum Gasteiger partial charge on any atom is -0.465 e. The van der Waals surface area contributed by atoms with Crippen molar-refractivity contribution in [3.63, 3.8) is 0 Å². The van der Waals surface area contributed by atoms with Gasteiger partial charge in [-0.15, -0.1) is 0 Å². The van der Waals surface area contributed by atoms with Crippen molar-refractivity contribution in [2.75, 3.05) is 25.6 Å². The van der Waals surface area contributed by atoms with Crippen LogP contribution in [0, 0.1) is 0 Å². The number of thiocarbonyl (C=S) groups is 1. The van der Waals surface area contributed by atoms with E-state index in [0.717, 1.165) is 25.1 Å². The molecule has 0 spiro atoms. The number of esters is 1. The van der Waals surface area contributed by atoms with E-state index in [1.54, 1.807) is 18.2 Å². The lowest BCUT2D eigenvalue weighted by atomic mass is 10.2. The minimum atomic E-state index is -0.369. The number of hydrogen-bond donors (Lipinski definition) is 2. The van der Waals surface area contributed by atoms with E-state index in [1.165, 1.54) is 7.11 Å². The zero-order chi connectivity index (χ0) is 14.4. The molecule has 0 amide bonds. The standard InChI is InChI=1S/C14H18N2O3S/c1-18-13(17)10-4-2-5-11(8-10)16-14(20)15-9-12-6-3-7-19-12/h2,4-5,8,12H,3,6-7,9H2,1H3,(H2,15,16,20). The molecule has 0 saturated carbocycles. The zero-order valence-electron chi connectivity index (χ0n) is 11.3. The topological polar surface area (TPSA) is 59.6 Å². The number of carbonyl (C=O) groups excluding carboxylic acids is 1. The van der Waals surface area contributed by atoms with E-state index in [9.17, 15) is 4.79 Å². The molecule has 1 aliphatic heterocycles. The number of nitrogens with one attached hydrogen (secondary N) is 2. The molecule has 108 valence electrons. The zero-order valence-corrected chi connectivity index (χ0v) is 12.2. The van der Waals surface area contributed by atoms with E-state index in [-0.39, 0.29) is 12.1 Å². The Balaban J connectivity index is 1.85. The molecular formula is C14H18N2O3S. The number of hydrogen-bond acceptors (Lipinski definition) is 4. The van der Waals surface area contributed by atoms with Crippen LogP contribution in [0.15, 0.2) is 24.3 Å². The highest BCUT2D eigenvalue weighted by molar-refractivity contribution is 7.80. The van der Waals surface area contributed by atoms with Gasteiger partial charge in [0.25, 0.3) is 0 Å². The Kier molecular flexibility index (Phi) is 5.31. The predicted octanol–water partition coefficient (Wildman–Crippen LogP) is 1.94. The first-order valence-electron chi connectivity index (χ1n) is 6.54. The fraction of sp³-hybridized carbons (Fsp3) is 0.429. The summed E-state index contributed by atoms with van der Waals surface area (Å²) in [6.07, 6.45) is 2.40. The molecule has 5 nitrogen and oxygen atoms in total. The second kappa shape index (κ2) is 7.21. The Hall–Kier alpha value is -1.66. The number of anilines is 1. The van der Waals surface area contributed by atoms with Crippen molar-refractivity contribution < 1.29 is 14.3 Å². The quantitative estimate of drug-likeness (QED) is 0.654. The third-order valence-corrected chi connectivity index (χ3v) is 3.30. The van der Waals surface area contributed by atoms with Crippen molar-refractivity contribution in [2.45, 2.75) is 18.9 Å². The summed E-state index contributed by atoms with van der Waals surface area (Å²) >= 11 is 5.21. The second-order valence-corrected chi connectivity index (χ2v) is 4.95. The summed E-state index contributed by atoms with van der Waals surface area (Å²) in [5.41, 5.74) is 1.23. The van der Waals surface area contributed by atoms with Crippen molar-refractivity contribution in [1.82, 2.24) is 5.32 Å². The summed E-state index contributed by atoms with van der Waals surface area (Å²) < 4.78 is 10.2. The van der Waals surface area contributed by atoms with E-state index in [2.05, 4.69) is 15.4 Å². The smallest absolute Gasteiger partial charge is 0.337 e. The molecule has 6 heteroatoms. The van der Waals surface area contributed by atoms with Crippen LogP contribution in [0.5, 0.6) is 0 Å². The van der Waals surface area contributed by atoms with E-state index >= 15 is 0 Å². The van der Waals surface area contributed by atoms with E-state index in [0.29, 0.717) is 17.2 Å². The highest BCUT2D eigenvalue weighted by Crippen LogP contribution is 2.12. The van der Waals surface area contributed by atoms with Crippen molar-refractivity contribution in [3.05, 3.63) is 29.8 Å². The average molecular weight is 294 g/mol. The van der Waals surface area contributed by atoms with Gasteiger partial charge in [0.05, 0.1) is 18.8 Å². The van der Waals surface area contributed by atoms with Gasteiger partial charge in [-0.2, -0.15) is 0 Å². The van der Waals surface area contributed by atoms with Crippen molar-refractivity contribution in [3.8, 4) is 0 Å². The van der Waals surface area contributed by atoms with Crippen LogP contribution in [0.3, 0.4) is 0 Å². The summed E-state index contributed by atoms with van der Waals surface area (Å²) in [6, 6.07) is 7.01. The van der Waals surface area contributed by atoms with Gasteiger partial charge in [-0.25, -0.2) is 4.79 Å². The highest BCUT2D eigenvalue weighted by atomic mass is 32.1. The van der Waals surface area contributed by atoms with Gasteiger partial charge < -0.3 is 20.1 Å². The second-order valence-electron chi connectivity index (χ2n) is 4.54. The molecule has 1 unspecified atom stereocenters. The molecule has 0 radical (unpaired) electrons. The lowest BCUT2D eigenvalue weighted by molar-refractivity contribution is 0.0601. The number of benzene rings is 1. The van der Waals surface area contributed by atoms with E-state index in [4.69, 9.17) is 17.0 Å². The number of methoxy groups -OCH3 is 1. The van der Waals surface area contributed by atoms with Gasteiger partial charge in [0, 0.05) is 18.8 Å². The monoisotopic (exact) mass is 294 g/mol. The molecule has 1 fully saturated rings. The molecule has 1 saturated heterocycles. The van der Waals surface area contributed by atoms with E-state index < -0.39 is 0 Å². The molecular weight excluding hydrogens is 276 g/mol. The molecule has 1 atom stereocenters. The van der Waals surface area contributed by atoms with Crippen LogP contribution in [0.2, 0.25) is 0 Å². The van der Waals surface area contributed by atoms with Gasteiger partial charge in [-0.3, -0.25) is 0 Å². The van der Waals surface area contributed by atoms with Gasteiger partial charge in [0.1, 0.15) is 0 Å². The summed E-state index contributed by atoms with van der Waals surface area (Å²) in [5, 5.41) is 6.67. The van der Waals surface area contributed by atoms with Crippen LogP contribution in [-0.2, 0) is 9.47 Å². The number of ether oxygens (including phenoxy) is 2. The van der Waals surface area contributed by atoms with Crippen molar-refractivity contribution >= 4 is 29.0 Å². The molecule has 0 aromatic heterocycles. The molecule has 20 heavy (non-hydrogen) atoms. The fourth-order valence-corrected chi connectivity index (χ4v) is 2.23. The first kappa shape index (κ1) is 14.7. The van der Waals surface area contributed by atoms with Crippen LogP contribution in [0.1, 0.15) is 23.2 Å². The van der Waals surface area contributed by atoms with Crippen molar-refractivity contribution in [1.29, 1.82) is 0 Å². The Labute approximate surface area is 123 Å². The Morgan fingerprint density at radius 1 is 1.55 bits per heavy atom. The summed E-state index contributed by atoms with van der Waals surface area (Å²) in [5.74, 6) is -0.369. The predicted molar refractivity (Wildman–Crippen MR) is 81.0 cm³/mol. The van der Waals surface area contributed by atoms with Gasteiger partial charge in [0.15, 0.2) is 5.11 Å². The fourth-order valence-electron chi connectivity index (χ4n) is 2.03. The lowest BCUT2D eigenvalue weighted by Gasteiger charge is -2.14. The van der Waals surface area contributed by atoms with Gasteiger partial charge >= 0.3 is 5.97 Å². The van der Waals surface area contributed by atoms with Gasteiger partial charge in [-0.05, 0) is 43.3 Å². The molecule has 2 N–H and O–H groups in total. The Bertz CT molecular complexity index is 487. The highest BCUT2D eigenvalue weighted by Gasteiger charge is 2.15. The molecule has 1 aromatic carbocycles. The largest absolute Gasteiger partial charge is 0.465 e. The summed E-state index contributed by atoms with van der Waals surface area (Å²) in [6.45, 7) is 1.52. The summed E-state index contributed by atoms with van der Waals surface area (Å²) in [4.78, 5) is 11.4. The first-order chi connectivity index (χ1) is 9.69. The Morgan fingerprint density at radius 3 is 3.10 bits per heavy atom. The van der Waals surface area contributed by atoms with Crippen molar-refractivity contribution in [2.24, 2.45) is 0 Å². The molecule has 1 aromatic rings. The first-order valence-corrected chi connectivity index (χ1v) is 6.94. The minimum absolute atomic E-state index is 0.233.